The molecule has 1 aliphatic rings. The molecule has 7 heteroatoms. The maximum absolute atomic E-state index is 13.9. The number of rotatable bonds is 12. The molecule has 2 aromatic rings. The van der Waals surface area contributed by atoms with Crippen LogP contribution >= 0.6 is 11.3 Å². The van der Waals surface area contributed by atoms with E-state index in [9.17, 15) is 9.59 Å². The number of hydrogen-bond donors (Lipinski definition) is 2. The molecular weight excluding hydrogens is 434 g/mol. The molecule has 3 N–H and O–H groups in total. The second-order valence-electron chi connectivity index (χ2n) is 9.07. The molecule has 1 aromatic heterocycles. The van der Waals surface area contributed by atoms with Gasteiger partial charge in [-0.2, -0.15) is 0 Å². The average molecular weight is 473 g/mol. The number of nitrogens with one attached hydrogen (secondary N) is 1. The zero-order chi connectivity index (χ0) is 23.7. The van der Waals surface area contributed by atoms with Crippen molar-refractivity contribution in [1.29, 1.82) is 0 Å². The van der Waals surface area contributed by atoms with Gasteiger partial charge < -0.3 is 10.5 Å². The Morgan fingerprint density at radius 3 is 2.67 bits per heavy atom. The lowest BCUT2D eigenvalue weighted by atomic mass is 10.00. The number of carbonyl (C=O) groups is 2. The van der Waals surface area contributed by atoms with Crippen LogP contribution in [0, 0.1) is 0 Å². The molecule has 3 atom stereocenters. The Bertz CT molecular complexity index is 901. The van der Waals surface area contributed by atoms with Crippen molar-refractivity contribution in [2.45, 2.75) is 64.1 Å². The predicted octanol–water partition coefficient (Wildman–Crippen LogP) is 3.43. The molecule has 3 rings (SSSR count). The van der Waals surface area contributed by atoms with Crippen molar-refractivity contribution in [2.75, 3.05) is 26.7 Å². The van der Waals surface area contributed by atoms with Gasteiger partial charge in [0.25, 0.3) is 0 Å². The highest BCUT2D eigenvalue weighted by Crippen LogP contribution is 2.29. The number of unbranched alkanes of at least 4 members (excludes halogenated alkanes) is 1. The van der Waals surface area contributed by atoms with Gasteiger partial charge in [0.2, 0.25) is 0 Å². The Morgan fingerprint density at radius 2 is 1.94 bits per heavy atom. The van der Waals surface area contributed by atoms with Gasteiger partial charge >= 0.3 is 11.9 Å². The van der Waals surface area contributed by atoms with Gasteiger partial charge in [0.1, 0.15) is 18.6 Å². The number of hydrogen-bond acceptors (Lipinski definition) is 6. The maximum atomic E-state index is 13.9. The van der Waals surface area contributed by atoms with Crippen molar-refractivity contribution < 1.29 is 18.8 Å². The zero-order valence-electron chi connectivity index (χ0n) is 19.9. The summed E-state index contributed by atoms with van der Waals surface area (Å²) in [5, 5.41) is 5.54. The summed E-state index contributed by atoms with van der Waals surface area (Å²) in [6, 6.07) is 11.3. The molecule has 6 nitrogen and oxygen atoms in total. The number of thiophene rings is 1. The van der Waals surface area contributed by atoms with Crippen LogP contribution in [-0.2, 0) is 33.7 Å². The molecule has 0 saturated carbocycles. The second kappa shape index (κ2) is 12.4. The molecule has 0 fully saturated rings. The topological polar surface area (TPSA) is 81.4 Å². The molecule has 1 aliphatic heterocycles. The number of quaternary nitrogens is 1. The van der Waals surface area contributed by atoms with E-state index in [2.05, 4.69) is 28.9 Å². The Morgan fingerprint density at radius 1 is 1.15 bits per heavy atom. The third-order valence-electron chi connectivity index (χ3n) is 6.50. The molecule has 0 aliphatic carbocycles. The average Bonchev–Trinajstić information content (AvgIpc) is 3.28. The normalized spacial score (nSPS) is 19.5. The van der Waals surface area contributed by atoms with Gasteiger partial charge in [-0.3, -0.25) is 14.6 Å². The van der Waals surface area contributed by atoms with E-state index in [4.69, 9.17) is 10.5 Å². The summed E-state index contributed by atoms with van der Waals surface area (Å²) in [6.45, 7) is 4.23. The largest absolute Gasteiger partial charge is 0.465 e. The van der Waals surface area contributed by atoms with E-state index in [1.165, 1.54) is 16.0 Å². The first-order valence-corrected chi connectivity index (χ1v) is 13.0. The number of aryl methyl sites for hydroxylation is 1. The lowest BCUT2D eigenvalue weighted by molar-refractivity contribution is -0.851. The van der Waals surface area contributed by atoms with Crippen molar-refractivity contribution in [3.05, 3.63) is 57.8 Å². The van der Waals surface area contributed by atoms with Gasteiger partial charge in [-0.05, 0) is 62.6 Å². The summed E-state index contributed by atoms with van der Waals surface area (Å²) in [5.74, 6) is -0.135. The fraction of sp³-hybridized carbons (Fsp3) is 0.538. The van der Waals surface area contributed by atoms with E-state index in [1.807, 2.05) is 32.2 Å². The molecule has 33 heavy (non-hydrogen) atoms. The monoisotopic (exact) mass is 472 g/mol. The van der Waals surface area contributed by atoms with E-state index in [0.29, 0.717) is 37.0 Å². The summed E-state index contributed by atoms with van der Waals surface area (Å²) in [4.78, 5) is 28.1. The predicted molar refractivity (Wildman–Crippen MR) is 133 cm³/mol. The van der Waals surface area contributed by atoms with E-state index in [-0.39, 0.29) is 11.9 Å². The first-order valence-electron chi connectivity index (χ1n) is 12.1. The number of amides is 1. The van der Waals surface area contributed by atoms with Crippen LogP contribution in [0.2, 0.25) is 0 Å². The van der Waals surface area contributed by atoms with Gasteiger partial charge in [0.15, 0.2) is 0 Å². The minimum Gasteiger partial charge on any atom is -0.465 e. The third kappa shape index (κ3) is 6.96. The van der Waals surface area contributed by atoms with E-state index >= 15 is 0 Å². The minimum absolute atomic E-state index is 0.151. The Labute approximate surface area is 201 Å². The van der Waals surface area contributed by atoms with Crippen LogP contribution in [0.5, 0.6) is 0 Å². The van der Waals surface area contributed by atoms with Crippen LogP contribution in [0.15, 0.2) is 41.8 Å². The van der Waals surface area contributed by atoms with Gasteiger partial charge in [-0.25, -0.2) is 4.79 Å². The molecule has 0 unspecified atom stereocenters. The smallest absolute Gasteiger partial charge is 0.330 e. The van der Waals surface area contributed by atoms with E-state index in [0.717, 1.165) is 32.2 Å². The van der Waals surface area contributed by atoms with Crippen LogP contribution < -0.4 is 11.1 Å². The van der Waals surface area contributed by atoms with Crippen LogP contribution in [0.3, 0.4) is 0 Å². The quantitative estimate of drug-likeness (QED) is 0.281. The number of esters is 1. The Hall–Kier alpha value is -2.06. The summed E-state index contributed by atoms with van der Waals surface area (Å²) in [7, 11) is 2.03. The number of likely N-dealkylation sites (N-methyl/N-ethyl adjacent to an activating group) is 1. The second-order valence-corrected chi connectivity index (χ2v) is 10.1. The highest BCUT2D eigenvalue weighted by atomic mass is 32.1. The maximum Gasteiger partial charge on any atom is 0.330 e. The Balaban J connectivity index is 1.76. The SMILES string of the molecule is CCOC(=O)[C@H](CCc1ccccc1)N[C@@H](CCCCN)C(=O)[N@@+]1(C)CCc2sccc2C1. The van der Waals surface area contributed by atoms with Crippen molar-refractivity contribution in [1.82, 2.24) is 5.32 Å². The van der Waals surface area contributed by atoms with Crippen LogP contribution in [-0.4, -0.2) is 55.2 Å². The van der Waals surface area contributed by atoms with Gasteiger partial charge in [0.05, 0.1) is 20.2 Å². The highest BCUT2D eigenvalue weighted by molar-refractivity contribution is 7.10. The number of nitrogens with zero attached hydrogens (tertiary/aromatic N) is 1. The lowest BCUT2D eigenvalue weighted by Crippen LogP contribution is -2.60. The molecule has 0 saturated heterocycles. The number of ether oxygens (including phenoxy) is 1. The summed E-state index contributed by atoms with van der Waals surface area (Å²) < 4.78 is 5.73. The summed E-state index contributed by atoms with van der Waals surface area (Å²) in [5.41, 5.74) is 8.16. The highest BCUT2D eigenvalue weighted by Gasteiger charge is 2.42. The number of nitrogens with two attached hydrogens (primary N) is 1. The standard InChI is InChI=1S/C26H38N3O3S/c1-3-32-26(31)23(13-12-20-9-5-4-6-10-20)28-22(11-7-8-16-27)25(30)29(2)17-14-24-21(19-29)15-18-33-24/h4-6,9-10,15,18,22-23,28H,3,7-8,11-14,16-17,19,27H2,1-2H3/q+1/t22-,23-,29-/m0/s1. The molecule has 2 heterocycles. The molecular formula is C26H38N3O3S+. The molecule has 0 spiro atoms. The zero-order valence-corrected chi connectivity index (χ0v) is 20.7. The molecule has 0 bridgehead atoms. The first kappa shape index (κ1) is 25.6. The van der Waals surface area contributed by atoms with E-state index < -0.39 is 12.1 Å². The Kier molecular flexibility index (Phi) is 9.62. The van der Waals surface area contributed by atoms with Crippen molar-refractivity contribution >= 4 is 23.2 Å². The lowest BCUT2D eigenvalue weighted by Gasteiger charge is -2.38. The fourth-order valence-electron chi connectivity index (χ4n) is 4.58. The van der Waals surface area contributed by atoms with Crippen molar-refractivity contribution in [2.24, 2.45) is 5.73 Å². The molecule has 180 valence electrons. The molecule has 1 amide bonds. The number of carbonyl (C=O) groups excluding carboxylic acids is 2. The van der Waals surface area contributed by atoms with Crippen LogP contribution in [0.4, 0.5) is 0 Å². The number of benzene rings is 1. The molecule has 1 aromatic carbocycles. The molecule has 0 radical (unpaired) electrons. The summed E-state index contributed by atoms with van der Waals surface area (Å²) >= 11 is 1.78. The van der Waals surface area contributed by atoms with Crippen LogP contribution in [0.1, 0.15) is 48.6 Å². The van der Waals surface area contributed by atoms with Gasteiger partial charge in [-0.15, -0.1) is 11.3 Å². The van der Waals surface area contributed by atoms with E-state index in [1.54, 1.807) is 11.3 Å². The van der Waals surface area contributed by atoms with Gasteiger partial charge in [-0.1, -0.05) is 30.3 Å². The fourth-order valence-corrected chi connectivity index (χ4v) is 5.47. The summed E-state index contributed by atoms with van der Waals surface area (Å²) in [6.07, 6.45) is 4.62. The van der Waals surface area contributed by atoms with Gasteiger partial charge in [0, 0.05) is 16.9 Å². The van der Waals surface area contributed by atoms with Crippen LogP contribution in [0.25, 0.3) is 0 Å². The van der Waals surface area contributed by atoms with Crippen molar-refractivity contribution in [3.8, 4) is 0 Å². The number of fused-ring (bicyclic) bond motifs is 1. The first-order chi connectivity index (χ1) is 16.0. The third-order valence-corrected chi connectivity index (χ3v) is 7.53. The minimum atomic E-state index is -0.523. The van der Waals surface area contributed by atoms with Crippen molar-refractivity contribution in [3.63, 3.8) is 0 Å².